The summed E-state index contributed by atoms with van der Waals surface area (Å²) >= 11 is 0. The minimum atomic E-state index is -0.684. The summed E-state index contributed by atoms with van der Waals surface area (Å²) in [5.41, 5.74) is 7.42. The molecule has 0 bridgehead atoms. The number of piperazine rings is 1. The number of carbonyl (C=O) groups is 4. The van der Waals surface area contributed by atoms with Crippen LogP contribution in [0.4, 0.5) is 45.9 Å². The smallest absolute Gasteiger partial charge is 0.293 e. The van der Waals surface area contributed by atoms with E-state index in [1.165, 1.54) is 26.8 Å². The highest BCUT2D eigenvalue weighted by molar-refractivity contribution is 6.34. The topological polar surface area (TPSA) is 218 Å². The third-order valence-corrected chi connectivity index (χ3v) is 17.5. The molecule has 1 unspecified atom stereocenters. The number of pyridine rings is 2. The maximum Gasteiger partial charge on any atom is 0.293 e. The van der Waals surface area contributed by atoms with Crippen LogP contribution >= 0.6 is 0 Å². The average Bonchev–Trinajstić information content (AvgIpc) is 4.30. The standard InChI is InChI=1S/C61H69N13O7/c1-7-53(76)65-47-29-39(64-54-59(80)67(6)35-48(66-54)43-14-19-62-55(46(43)36-75)73-27-26-72-50(58(73)79)28-38-31-60(3,4)32-51(38)72)8-12-49(47)71-25-24-70(34-37(71)2)40-15-20-68(21-16-40)41-9-11-44-45(30-41)57(78)74(56(44)77)42-10-13-52(63-33-42)69-22-17-61(5,81)18-23-69/h7-14,19,28-30,33,35,37,40,75,81H,1,15-18,20-27,31-32,34,36H2,2-6H3,(H,64,66)(H,65,76). The highest BCUT2D eigenvalue weighted by Gasteiger charge is 2.40. The van der Waals surface area contributed by atoms with Gasteiger partial charge in [0.25, 0.3) is 23.3 Å². The number of hydrogen-bond donors (Lipinski definition) is 4. The number of nitrogens with zero attached hydrogens (tertiary/aromatic N) is 11. The summed E-state index contributed by atoms with van der Waals surface area (Å²) in [6.07, 6.45) is 10.9. The van der Waals surface area contributed by atoms with E-state index in [0.29, 0.717) is 108 Å². The van der Waals surface area contributed by atoms with Crippen molar-refractivity contribution in [2.45, 2.75) is 97.1 Å². The highest BCUT2D eigenvalue weighted by atomic mass is 16.3. The maximum atomic E-state index is 14.1. The van der Waals surface area contributed by atoms with Gasteiger partial charge in [-0.25, -0.2) is 19.9 Å². The first kappa shape index (κ1) is 53.4. The van der Waals surface area contributed by atoms with Gasteiger partial charge in [-0.15, -0.1) is 0 Å². The Labute approximate surface area is 470 Å². The Hall–Kier alpha value is -8.20. The molecule has 4 aromatic heterocycles. The summed E-state index contributed by atoms with van der Waals surface area (Å²) in [5.74, 6) is -0.166. The molecular formula is C61H69N13O7. The molecule has 6 aliphatic rings. The Balaban J connectivity index is 0.701. The fourth-order valence-electron chi connectivity index (χ4n) is 13.1. The van der Waals surface area contributed by atoms with Gasteiger partial charge in [-0.1, -0.05) is 20.4 Å². The van der Waals surface area contributed by atoms with Gasteiger partial charge in [0.1, 0.15) is 17.3 Å². The number of hydrogen-bond acceptors (Lipinski definition) is 15. The van der Waals surface area contributed by atoms with Crippen molar-refractivity contribution in [3.63, 3.8) is 0 Å². The van der Waals surface area contributed by atoms with E-state index in [4.69, 9.17) is 4.98 Å². The van der Waals surface area contributed by atoms with Crippen LogP contribution in [0.2, 0.25) is 0 Å². The Morgan fingerprint density at radius 1 is 0.815 bits per heavy atom. The highest BCUT2D eigenvalue weighted by Crippen LogP contribution is 2.41. The molecular weight excluding hydrogens is 1030 g/mol. The van der Waals surface area contributed by atoms with E-state index in [9.17, 15) is 34.2 Å². The molecule has 0 radical (unpaired) electrons. The lowest BCUT2D eigenvalue weighted by molar-refractivity contribution is -0.111. The minimum absolute atomic E-state index is 0.0240. The molecule has 0 saturated carbocycles. The van der Waals surface area contributed by atoms with Crippen molar-refractivity contribution in [2.24, 2.45) is 12.5 Å². The monoisotopic (exact) mass is 1100 g/mol. The number of fused-ring (bicyclic) bond motifs is 4. The van der Waals surface area contributed by atoms with Crippen LogP contribution in [-0.4, -0.2) is 133 Å². The van der Waals surface area contributed by atoms with Crippen LogP contribution < -0.4 is 40.7 Å². The largest absolute Gasteiger partial charge is 0.392 e. The molecule has 420 valence electrons. The van der Waals surface area contributed by atoms with E-state index in [1.54, 1.807) is 54.8 Å². The average molecular weight is 1100 g/mol. The Morgan fingerprint density at radius 3 is 2.31 bits per heavy atom. The second-order valence-electron chi connectivity index (χ2n) is 23.7. The van der Waals surface area contributed by atoms with E-state index in [0.717, 1.165) is 69.1 Å². The maximum absolute atomic E-state index is 14.1. The zero-order chi connectivity index (χ0) is 56.6. The van der Waals surface area contributed by atoms with Gasteiger partial charge in [0, 0.05) is 119 Å². The van der Waals surface area contributed by atoms with E-state index in [1.807, 2.05) is 43.3 Å². The van der Waals surface area contributed by atoms with Crippen molar-refractivity contribution < 1.29 is 29.4 Å². The number of nitrogens with one attached hydrogen (secondary N) is 2. The molecule has 3 saturated heterocycles. The lowest BCUT2D eigenvalue weighted by Gasteiger charge is -2.47. The number of benzene rings is 2. The number of rotatable bonds is 12. The van der Waals surface area contributed by atoms with E-state index in [2.05, 4.69) is 72.1 Å². The molecule has 6 aromatic rings. The predicted octanol–water partition coefficient (Wildman–Crippen LogP) is 6.52. The van der Waals surface area contributed by atoms with Crippen LogP contribution in [0.1, 0.15) is 101 Å². The normalized spacial score (nSPS) is 19.9. The summed E-state index contributed by atoms with van der Waals surface area (Å²) in [6, 6.07) is 18.9. The SMILES string of the molecule is C=CC(=O)Nc1cc(Nc2nc(-c3ccnc(N4CCn5c(cc6c5CC(C)(C)C6)C4=O)c3CO)cn(C)c2=O)ccc1N1CCN(C2CCN(c3ccc4c(c3)C(=O)N(c3ccc(N5CCC(C)(O)CC5)nc3)C4=O)CC2)CC1C. The second kappa shape index (κ2) is 20.7. The summed E-state index contributed by atoms with van der Waals surface area (Å²) < 4.78 is 3.56. The van der Waals surface area contributed by atoms with Crippen LogP contribution in [0.15, 0.2) is 96.7 Å². The van der Waals surface area contributed by atoms with Gasteiger partial charge in [0.15, 0.2) is 5.82 Å². The lowest BCUT2D eigenvalue weighted by Crippen LogP contribution is -2.57. The molecule has 1 atom stereocenters. The molecule has 2 aromatic carbocycles. The number of aromatic nitrogens is 5. The molecule has 20 heteroatoms. The van der Waals surface area contributed by atoms with E-state index in [-0.39, 0.29) is 40.9 Å². The fraction of sp³-hybridized carbons (Fsp3) is 0.410. The lowest BCUT2D eigenvalue weighted by atomic mass is 9.90. The van der Waals surface area contributed by atoms with Crippen molar-refractivity contribution in [2.75, 3.05) is 87.5 Å². The number of carbonyl (C=O) groups excluding carboxylic acids is 4. The zero-order valence-corrected chi connectivity index (χ0v) is 46.6. The molecule has 1 aliphatic carbocycles. The summed E-state index contributed by atoms with van der Waals surface area (Å²) in [6.45, 7) is 18.0. The zero-order valence-electron chi connectivity index (χ0n) is 46.6. The van der Waals surface area contributed by atoms with E-state index >= 15 is 0 Å². The van der Waals surface area contributed by atoms with Gasteiger partial charge in [-0.2, -0.15) is 0 Å². The van der Waals surface area contributed by atoms with Crippen molar-refractivity contribution >= 4 is 69.5 Å². The first-order chi connectivity index (χ1) is 38.9. The molecule has 3 fully saturated rings. The molecule has 9 heterocycles. The van der Waals surface area contributed by atoms with Gasteiger partial charge in [-0.05, 0) is 130 Å². The number of aliphatic hydroxyl groups is 2. The quantitative estimate of drug-likeness (QED) is 0.0758. The number of anilines is 8. The van der Waals surface area contributed by atoms with Gasteiger partial charge < -0.3 is 44.7 Å². The van der Waals surface area contributed by atoms with Gasteiger partial charge >= 0.3 is 0 Å². The Bertz CT molecular complexity index is 3590. The Morgan fingerprint density at radius 2 is 1.58 bits per heavy atom. The Kier molecular flexibility index (Phi) is 13.7. The molecule has 0 spiro atoms. The van der Waals surface area contributed by atoms with E-state index < -0.39 is 17.8 Å². The molecule has 5 aliphatic heterocycles. The predicted molar refractivity (Wildman–Crippen MR) is 312 cm³/mol. The van der Waals surface area contributed by atoms with Crippen LogP contribution in [0.25, 0.3) is 11.3 Å². The van der Waals surface area contributed by atoms with Crippen LogP contribution in [0.5, 0.6) is 0 Å². The molecule has 12 rings (SSSR count). The fourth-order valence-corrected chi connectivity index (χ4v) is 13.1. The van der Waals surface area contributed by atoms with Crippen molar-refractivity contribution in [1.82, 2.24) is 29.0 Å². The number of piperidine rings is 2. The molecule has 4 amide bonds. The first-order valence-electron chi connectivity index (χ1n) is 28.1. The third-order valence-electron chi connectivity index (χ3n) is 17.5. The van der Waals surface area contributed by atoms with Crippen LogP contribution in [0.3, 0.4) is 0 Å². The molecule has 81 heavy (non-hydrogen) atoms. The van der Waals surface area contributed by atoms with Gasteiger partial charge in [0.2, 0.25) is 5.91 Å². The third kappa shape index (κ3) is 9.92. The van der Waals surface area contributed by atoms with Crippen LogP contribution in [-0.2, 0) is 37.8 Å². The van der Waals surface area contributed by atoms with Gasteiger partial charge in [-0.3, -0.25) is 33.8 Å². The van der Waals surface area contributed by atoms with Crippen molar-refractivity contribution in [1.29, 1.82) is 0 Å². The number of imide groups is 1. The number of aliphatic hydroxyl groups excluding tert-OH is 1. The minimum Gasteiger partial charge on any atom is -0.392 e. The number of amides is 4. The first-order valence-corrected chi connectivity index (χ1v) is 28.1. The van der Waals surface area contributed by atoms with Crippen molar-refractivity contribution in [3.05, 3.63) is 136 Å². The summed E-state index contributed by atoms with van der Waals surface area (Å²) in [4.78, 5) is 94.4. The van der Waals surface area contributed by atoms with Gasteiger partial charge in [0.05, 0.1) is 52.3 Å². The molecule has 4 N–H and O–H groups in total. The molecule has 20 nitrogen and oxygen atoms in total. The summed E-state index contributed by atoms with van der Waals surface area (Å²) in [7, 11) is 1.63. The van der Waals surface area contributed by atoms with Crippen LogP contribution in [0, 0.1) is 5.41 Å². The summed E-state index contributed by atoms with van der Waals surface area (Å²) in [5, 5.41) is 27.5. The van der Waals surface area contributed by atoms with Crippen molar-refractivity contribution in [3.8, 4) is 11.3 Å². The second-order valence-corrected chi connectivity index (χ2v) is 23.7. The number of aryl methyl sites for hydroxylation is 1.